The third-order valence-corrected chi connectivity index (χ3v) is 6.57. The van der Waals surface area contributed by atoms with Gasteiger partial charge in [-0.1, -0.05) is 6.07 Å². The van der Waals surface area contributed by atoms with Gasteiger partial charge in [0.05, 0.1) is 26.2 Å². The van der Waals surface area contributed by atoms with E-state index in [1.54, 1.807) is 0 Å². The van der Waals surface area contributed by atoms with Crippen LogP contribution in [0.4, 0.5) is 8.78 Å². The lowest BCUT2D eigenvalue weighted by Gasteiger charge is -2.19. The fourth-order valence-corrected chi connectivity index (χ4v) is 3.99. The number of primary amides is 1. The summed E-state index contributed by atoms with van der Waals surface area (Å²) in [6, 6.07) is 0.953. The molecule has 0 spiro atoms. The van der Waals surface area contributed by atoms with Gasteiger partial charge in [-0.2, -0.15) is 0 Å². The summed E-state index contributed by atoms with van der Waals surface area (Å²) in [5, 5.41) is 19.0. The molecule has 0 saturated carbocycles. The molecule has 0 fully saturated rings. The number of halogens is 2. The molecule has 18 nitrogen and oxygen atoms in total. The number of rotatable bonds is 22. The molecule has 1 aromatic rings. The number of amides is 9. The molecule has 0 saturated heterocycles. The van der Waals surface area contributed by atoms with E-state index in [9.17, 15) is 51.9 Å². The maximum Gasteiger partial charge on any atom is 0.243 e. The van der Waals surface area contributed by atoms with Crippen molar-refractivity contribution in [1.29, 1.82) is 0 Å². The lowest BCUT2D eigenvalue weighted by molar-refractivity contribution is -0.130. The van der Waals surface area contributed by atoms with Crippen molar-refractivity contribution in [2.45, 2.75) is 58.0 Å². The van der Waals surface area contributed by atoms with Crippen molar-refractivity contribution in [1.82, 2.24) is 42.5 Å². The average molecular weight is 712 g/mol. The molecule has 0 radical (unpaired) electrons. The monoisotopic (exact) mass is 711 g/mol. The highest BCUT2D eigenvalue weighted by atomic mass is 19.2. The molecule has 276 valence electrons. The van der Waals surface area contributed by atoms with Crippen LogP contribution in [0.15, 0.2) is 18.2 Å². The first-order valence-electron chi connectivity index (χ1n) is 15.5. The molecule has 9 amide bonds. The van der Waals surface area contributed by atoms with Crippen LogP contribution >= 0.6 is 0 Å². The van der Waals surface area contributed by atoms with Crippen molar-refractivity contribution in [3.05, 3.63) is 35.4 Å². The van der Waals surface area contributed by atoms with Gasteiger partial charge in [0.15, 0.2) is 11.6 Å². The van der Waals surface area contributed by atoms with Crippen LogP contribution in [0.5, 0.6) is 0 Å². The molecule has 0 aliphatic heterocycles. The van der Waals surface area contributed by atoms with Crippen LogP contribution < -0.4 is 48.3 Å². The number of nitrogens with one attached hydrogen (secondary N) is 8. The lowest BCUT2D eigenvalue weighted by atomic mass is 10.1. The first-order valence-corrected chi connectivity index (χ1v) is 15.5. The number of carbonyl (C=O) groups excluding carboxylic acids is 9. The Labute approximate surface area is 286 Å². The highest BCUT2D eigenvalue weighted by molar-refractivity contribution is 5.92. The molecule has 1 aromatic carbocycles. The lowest BCUT2D eigenvalue weighted by Crippen LogP contribution is -2.51. The number of benzene rings is 1. The highest BCUT2D eigenvalue weighted by Crippen LogP contribution is 2.08. The molecule has 2 atom stereocenters. The van der Waals surface area contributed by atoms with Crippen LogP contribution in [-0.4, -0.2) is 105 Å². The number of hydrogen-bond acceptors (Lipinski definition) is 9. The van der Waals surface area contributed by atoms with Crippen LogP contribution in [0.25, 0.3) is 0 Å². The maximum absolute atomic E-state index is 13.4. The number of nitrogens with two attached hydrogens (primary N) is 1. The zero-order chi connectivity index (χ0) is 37.6. The van der Waals surface area contributed by atoms with Gasteiger partial charge >= 0.3 is 0 Å². The smallest absolute Gasteiger partial charge is 0.243 e. The third kappa shape index (κ3) is 19.2. The number of carbonyl (C=O) groups is 9. The van der Waals surface area contributed by atoms with Crippen LogP contribution in [0.1, 0.15) is 45.1 Å². The summed E-state index contributed by atoms with van der Waals surface area (Å²) in [6.45, 7) is 0.775. The van der Waals surface area contributed by atoms with E-state index < -0.39 is 96.5 Å². The minimum Gasteiger partial charge on any atom is -0.368 e. The number of hydrogen-bond donors (Lipinski definition) is 9. The summed E-state index contributed by atoms with van der Waals surface area (Å²) in [5.74, 6) is -7.78. The van der Waals surface area contributed by atoms with Gasteiger partial charge in [0.2, 0.25) is 53.2 Å². The summed E-state index contributed by atoms with van der Waals surface area (Å²) in [6.07, 6.45) is -0.0304. The Morgan fingerprint density at radius 2 is 1.16 bits per heavy atom. The first kappa shape index (κ1) is 42.3. The normalized spacial score (nSPS) is 11.5. The standard InChI is InChI=1S/C30H43F2N9O9/c1-17(42)36-13-26(46)38-16-28(48)40-22(29(33)49)7-8-24(44)34-10-3-4-23(41-27(47)15-37-18(2)43)30(50)39-14-25(45)35-11-9-19-5-6-20(31)21(32)12-19/h5-6,12,22-23H,3-4,7-11,13-16H2,1-2H3,(H2,33,49)(H,34,44)(H,35,45)(H,36,42)(H,37,43)(H,38,46)(H,39,50)(H,40,48)(H,41,47). The van der Waals surface area contributed by atoms with Crippen LogP contribution in [0.2, 0.25) is 0 Å². The summed E-state index contributed by atoms with van der Waals surface area (Å²) in [7, 11) is 0. The minimum absolute atomic E-state index is 0.00327. The molecule has 10 N–H and O–H groups in total. The third-order valence-electron chi connectivity index (χ3n) is 6.57. The Hall–Kier alpha value is -5.69. The van der Waals surface area contributed by atoms with Gasteiger partial charge in [-0.25, -0.2) is 8.78 Å². The molecule has 20 heteroatoms. The van der Waals surface area contributed by atoms with Crippen LogP contribution in [-0.2, 0) is 49.6 Å². The Bertz CT molecular complexity index is 1410. The molecule has 0 bridgehead atoms. The zero-order valence-corrected chi connectivity index (χ0v) is 27.7. The predicted octanol–water partition coefficient (Wildman–Crippen LogP) is -3.74. The molecule has 2 unspecified atom stereocenters. The van der Waals surface area contributed by atoms with E-state index in [4.69, 9.17) is 5.73 Å². The first-order chi connectivity index (χ1) is 23.6. The fourth-order valence-electron chi connectivity index (χ4n) is 3.99. The average Bonchev–Trinajstić information content (AvgIpc) is 3.05. The Morgan fingerprint density at radius 1 is 0.620 bits per heavy atom. The summed E-state index contributed by atoms with van der Waals surface area (Å²) >= 11 is 0. The van der Waals surface area contributed by atoms with E-state index in [-0.39, 0.29) is 51.7 Å². The van der Waals surface area contributed by atoms with Crippen LogP contribution in [0, 0.1) is 11.6 Å². The molecular formula is C30H43F2N9O9. The van der Waals surface area contributed by atoms with Gasteiger partial charge in [-0.3, -0.25) is 43.2 Å². The van der Waals surface area contributed by atoms with Crippen molar-refractivity contribution < 1.29 is 51.9 Å². The van der Waals surface area contributed by atoms with Crippen LogP contribution in [0.3, 0.4) is 0 Å². The van der Waals surface area contributed by atoms with Gasteiger partial charge < -0.3 is 48.3 Å². The molecule has 0 aliphatic carbocycles. The maximum atomic E-state index is 13.4. The van der Waals surface area contributed by atoms with Gasteiger partial charge in [0.1, 0.15) is 12.1 Å². The van der Waals surface area contributed by atoms with Gasteiger partial charge in [0.25, 0.3) is 0 Å². The molecular weight excluding hydrogens is 668 g/mol. The topological polar surface area (TPSA) is 276 Å². The van der Waals surface area contributed by atoms with Crippen molar-refractivity contribution in [2.24, 2.45) is 5.73 Å². The Kier molecular flexibility index (Phi) is 19.3. The summed E-state index contributed by atoms with van der Waals surface area (Å²) < 4.78 is 26.4. The van der Waals surface area contributed by atoms with E-state index in [1.807, 2.05) is 0 Å². The molecule has 0 aromatic heterocycles. The quantitative estimate of drug-likeness (QED) is 0.0534. The molecule has 0 aliphatic rings. The molecule has 50 heavy (non-hydrogen) atoms. The zero-order valence-electron chi connectivity index (χ0n) is 27.7. The van der Waals surface area contributed by atoms with Crippen molar-refractivity contribution in [3.8, 4) is 0 Å². The minimum atomic E-state index is -1.23. The highest BCUT2D eigenvalue weighted by Gasteiger charge is 2.22. The second-order valence-corrected chi connectivity index (χ2v) is 10.8. The van der Waals surface area contributed by atoms with E-state index in [2.05, 4.69) is 42.5 Å². The second-order valence-electron chi connectivity index (χ2n) is 10.8. The summed E-state index contributed by atoms with van der Waals surface area (Å²) in [5.41, 5.74) is 5.75. The van der Waals surface area contributed by atoms with Crippen molar-refractivity contribution in [2.75, 3.05) is 39.3 Å². The fraction of sp³-hybridized carbons (Fsp3) is 0.500. The van der Waals surface area contributed by atoms with Gasteiger partial charge in [-0.05, 0) is 43.4 Å². The van der Waals surface area contributed by atoms with Gasteiger partial charge in [-0.15, -0.1) is 0 Å². The van der Waals surface area contributed by atoms with Gasteiger partial charge in [0, 0.05) is 33.4 Å². The second kappa shape index (κ2) is 22.8. The summed E-state index contributed by atoms with van der Waals surface area (Å²) in [4.78, 5) is 107. The molecule has 1 rings (SSSR count). The van der Waals surface area contributed by atoms with E-state index in [0.29, 0.717) is 5.56 Å². The largest absolute Gasteiger partial charge is 0.368 e. The van der Waals surface area contributed by atoms with E-state index >= 15 is 0 Å². The molecule has 0 heterocycles. The van der Waals surface area contributed by atoms with Crippen molar-refractivity contribution in [3.63, 3.8) is 0 Å². The predicted molar refractivity (Wildman–Crippen MR) is 171 cm³/mol. The van der Waals surface area contributed by atoms with E-state index in [0.717, 1.165) is 12.1 Å². The Balaban J connectivity index is 2.54. The van der Waals surface area contributed by atoms with E-state index in [1.165, 1.54) is 19.9 Å². The Morgan fingerprint density at radius 3 is 1.76 bits per heavy atom. The SMILES string of the molecule is CC(=O)NCC(=O)NCC(=O)NC(CCC(=O)NCCCC(NC(=O)CNC(C)=O)C(=O)NCC(=O)NCCc1ccc(F)c(F)c1)C(N)=O. The van der Waals surface area contributed by atoms with Crippen molar-refractivity contribution >= 4 is 53.2 Å².